The zero-order valence-electron chi connectivity index (χ0n) is 11.8. The summed E-state index contributed by atoms with van der Waals surface area (Å²) in [6.07, 6.45) is 0. The van der Waals surface area contributed by atoms with Gasteiger partial charge in [-0.15, -0.1) is 0 Å². The van der Waals surface area contributed by atoms with Crippen molar-refractivity contribution in [2.24, 2.45) is 0 Å². The van der Waals surface area contributed by atoms with E-state index in [9.17, 15) is 0 Å². The normalized spacial score (nSPS) is 10.3. The summed E-state index contributed by atoms with van der Waals surface area (Å²) >= 11 is 11.9. The summed E-state index contributed by atoms with van der Waals surface area (Å²) in [5, 5.41) is 6.28. The molecule has 0 heterocycles. The lowest BCUT2D eigenvalue weighted by Crippen LogP contribution is -1.70. The zero-order chi connectivity index (χ0) is 15.4. The Balaban J connectivity index is 0.000000131. The van der Waals surface area contributed by atoms with Gasteiger partial charge in [0, 0.05) is 20.8 Å². The van der Waals surface area contributed by atoms with Gasteiger partial charge in [-0.05, 0) is 22.9 Å². The first-order valence-corrected chi connectivity index (χ1v) is 7.78. The van der Waals surface area contributed by atoms with Crippen molar-refractivity contribution >= 4 is 44.7 Å². The zero-order valence-corrected chi connectivity index (χ0v) is 13.4. The Hall–Kier alpha value is -2.02. The molecule has 0 N–H and O–H groups in total. The molecule has 22 heavy (non-hydrogen) atoms. The van der Waals surface area contributed by atoms with E-state index >= 15 is 0 Å². The minimum atomic E-state index is 0.822. The molecule has 4 rings (SSSR count). The monoisotopic (exact) mass is 324 g/mol. The average molecular weight is 325 g/mol. The maximum atomic E-state index is 5.96. The fraction of sp³-hybridized carbons (Fsp3) is 0. The molecule has 0 spiro atoms. The average Bonchev–Trinajstić information content (AvgIpc) is 2.57. The van der Waals surface area contributed by atoms with Crippen molar-refractivity contribution in [1.29, 1.82) is 0 Å². The maximum absolute atomic E-state index is 5.96. The SMILES string of the molecule is Clc1cccc2ccccc12.Clc1cccc2ccccc12. The third-order valence-corrected chi connectivity index (χ3v) is 4.13. The number of rotatable bonds is 0. The quantitative estimate of drug-likeness (QED) is 0.327. The predicted octanol–water partition coefficient (Wildman–Crippen LogP) is 6.99. The molecule has 108 valence electrons. The van der Waals surface area contributed by atoms with Gasteiger partial charge in [-0.2, -0.15) is 0 Å². The van der Waals surface area contributed by atoms with E-state index in [1.54, 1.807) is 0 Å². The Bertz CT molecular complexity index is 825. The van der Waals surface area contributed by atoms with E-state index in [1.807, 2.05) is 60.7 Å². The van der Waals surface area contributed by atoms with Gasteiger partial charge in [-0.3, -0.25) is 0 Å². The van der Waals surface area contributed by atoms with Crippen LogP contribution in [0.2, 0.25) is 10.0 Å². The Morgan fingerprint density at radius 1 is 0.409 bits per heavy atom. The summed E-state index contributed by atoms with van der Waals surface area (Å²) in [5.41, 5.74) is 0. The van der Waals surface area contributed by atoms with Crippen LogP contribution in [0.1, 0.15) is 0 Å². The van der Waals surface area contributed by atoms with Crippen LogP contribution < -0.4 is 0 Å². The van der Waals surface area contributed by atoms with E-state index < -0.39 is 0 Å². The van der Waals surface area contributed by atoms with Crippen LogP contribution in [0.25, 0.3) is 21.5 Å². The van der Waals surface area contributed by atoms with Crippen LogP contribution >= 0.6 is 23.2 Å². The van der Waals surface area contributed by atoms with E-state index in [4.69, 9.17) is 23.2 Å². The lowest BCUT2D eigenvalue weighted by molar-refractivity contribution is 1.75. The molecule has 0 bridgehead atoms. The molecule has 0 aliphatic rings. The van der Waals surface area contributed by atoms with Gasteiger partial charge in [0.05, 0.1) is 0 Å². The third kappa shape index (κ3) is 3.24. The molecule has 4 aromatic carbocycles. The van der Waals surface area contributed by atoms with Crippen LogP contribution in [-0.4, -0.2) is 0 Å². The van der Waals surface area contributed by atoms with Crippen molar-refractivity contribution in [3.05, 3.63) is 95.0 Å². The number of halogens is 2. The molecule has 0 saturated heterocycles. The minimum absolute atomic E-state index is 0.822. The summed E-state index contributed by atoms with van der Waals surface area (Å²) in [5.74, 6) is 0. The Morgan fingerprint density at radius 3 is 1.18 bits per heavy atom. The van der Waals surface area contributed by atoms with Crippen LogP contribution in [0, 0.1) is 0 Å². The lowest BCUT2D eigenvalue weighted by atomic mass is 10.1. The van der Waals surface area contributed by atoms with E-state index in [2.05, 4.69) is 24.3 Å². The summed E-state index contributed by atoms with van der Waals surface area (Å²) in [6.45, 7) is 0. The number of hydrogen-bond donors (Lipinski definition) is 0. The third-order valence-electron chi connectivity index (χ3n) is 3.47. The summed E-state index contributed by atoms with van der Waals surface area (Å²) < 4.78 is 0. The second-order valence-corrected chi connectivity index (χ2v) is 5.74. The standard InChI is InChI=1S/2C10H7Cl/c2*11-10-7-3-5-8-4-1-2-6-9(8)10/h2*1-7H. The molecule has 0 amide bonds. The molecule has 4 aromatic rings. The van der Waals surface area contributed by atoms with E-state index in [0.717, 1.165) is 20.8 Å². The highest BCUT2D eigenvalue weighted by atomic mass is 35.5. The van der Waals surface area contributed by atoms with Crippen LogP contribution in [0.5, 0.6) is 0 Å². The number of fused-ring (bicyclic) bond motifs is 2. The van der Waals surface area contributed by atoms with E-state index in [0.29, 0.717) is 0 Å². The van der Waals surface area contributed by atoms with Crippen LogP contribution in [0.3, 0.4) is 0 Å². The summed E-state index contributed by atoms with van der Waals surface area (Å²) in [4.78, 5) is 0. The van der Waals surface area contributed by atoms with Gasteiger partial charge in [0.25, 0.3) is 0 Å². The molecule has 0 radical (unpaired) electrons. The lowest BCUT2D eigenvalue weighted by Gasteiger charge is -1.97. The van der Waals surface area contributed by atoms with Crippen molar-refractivity contribution in [2.75, 3.05) is 0 Å². The molecule has 0 aliphatic heterocycles. The van der Waals surface area contributed by atoms with Crippen molar-refractivity contribution in [3.63, 3.8) is 0 Å². The van der Waals surface area contributed by atoms with Crippen molar-refractivity contribution in [3.8, 4) is 0 Å². The van der Waals surface area contributed by atoms with Gasteiger partial charge in [-0.25, -0.2) is 0 Å². The van der Waals surface area contributed by atoms with E-state index in [-0.39, 0.29) is 0 Å². The summed E-state index contributed by atoms with van der Waals surface area (Å²) in [7, 11) is 0. The second kappa shape index (κ2) is 6.83. The molecule has 0 aromatic heterocycles. The largest absolute Gasteiger partial charge is 0.0837 e. The highest BCUT2D eigenvalue weighted by Crippen LogP contribution is 2.22. The highest BCUT2D eigenvalue weighted by molar-refractivity contribution is 6.35. The molecular formula is C20H14Cl2. The van der Waals surface area contributed by atoms with Gasteiger partial charge in [0.2, 0.25) is 0 Å². The Morgan fingerprint density at radius 2 is 0.773 bits per heavy atom. The first kappa shape index (κ1) is 14.9. The van der Waals surface area contributed by atoms with Crippen molar-refractivity contribution < 1.29 is 0 Å². The van der Waals surface area contributed by atoms with Gasteiger partial charge in [-0.1, -0.05) is 96.0 Å². The highest BCUT2D eigenvalue weighted by Gasteiger charge is 1.94. The van der Waals surface area contributed by atoms with Crippen LogP contribution in [-0.2, 0) is 0 Å². The maximum Gasteiger partial charge on any atom is 0.0484 e. The molecule has 0 fully saturated rings. The molecule has 0 saturated carbocycles. The minimum Gasteiger partial charge on any atom is -0.0837 e. The summed E-state index contributed by atoms with van der Waals surface area (Å²) in [6, 6.07) is 28.0. The Kier molecular flexibility index (Phi) is 4.62. The predicted molar refractivity (Wildman–Crippen MR) is 97.9 cm³/mol. The van der Waals surface area contributed by atoms with Gasteiger partial charge in [0.15, 0.2) is 0 Å². The molecular weight excluding hydrogens is 311 g/mol. The van der Waals surface area contributed by atoms with Gasteiger partial charge in [0.1, 0.15) is 0 Å². The Labute approximate surface area is 139 Å². The van der Waals surface area contributed by atoms with E-state index in [1.165, 1.54) is 10.8 Å². The van der Waals surface area contributed by atoms with Crippen LogP contribution in [0.4, 0.5) is 0 Å². The fourth-order valence-electron chi connectivity index (χ4n) is 2.37. The second-order valence-electron chi connectivity index (χ2n) is 4.92. The molecule has 0 atom stereocenters. The first-order chi connectivity index (χ1) is 10.8. The first-order valence-electron chi connectivity index (χ1n) is 7.02. The van der Waals surface area contributed by atoms with Crippen molar-refractivity contribution in [2.45, 2.75) is 0 Å². The number of hydrogen-bond acceptors (Lipinski definition) is 0. The molecule has 0 unspecified atom stereocenters. The topological polar surface area (TPSA) is 0 Å². The molecule has 2 heteroatoms. The van der Waals surface area contributed by atoms with Gasteiger partial charge >= 0.3 is 0 Å². The molecule has 0 nitrogen and oxygen atoms in total. The van der Waals surface area contributed by atoms with Crippen molar-refractivity contribution in [1.82, 2.24) is 0 Å². The molecule has 0 aliphatic carbocycles. The van der Waals surface area contributed by atoms with Gasteiger partial charge < -0.3 is 0 Å². The number of benzene rings is 4. The fourth-order valence-corrected chi connectivity index (χ4v) is 2.86. The smallest absolute Gasteiger partial charge is 0.0484 e. The van der Waals surface area contributed by atoms with Crippen LogP contribution in [0.15, 0.2) is 84.9 Å².